The van der Waals surface area contributed by atoms with E-state index < -0.39 is 10.0 Å². The Hall–Kier alpha value is -2.51. The lowest BCUT2D eigenvalue weighted by Crippen LogP contribution is -2.26. The molecule has 0 saturated heterocycles. The van der Waals surface area contributed by atoms with Gasteiger partial charge in [0.25, 0.3) is 0 Å². The van der Waals surface area contributed by atoms with Crippen molar-refractivity contribution in [3.63, 3.8) is 0 Å². The number of hydrogen-bond donors (Lipinski definition) is 1. The Balaban J connectivity index is 1.77. The summed E-state index contributed by atoms with van der Waals surface area (Å²) < 4.78 is 29.0. The average molecular weight is 328 g/mol. The van der Waals surface area contributed by atoms with Gasteiger partial charge in [-0.05, 0) is 36.8 Å². The highest BCUT2D eigenvalue weighted by atomic mass is 32.2. The fourth-order valence-electron chi connectivity index (χ4n) is 2.23. The van der Waals surface area contributed by atoms with Crippen LogP contribution in [-0.4, -0.2) is 23.2 Å². The molecule has 0 fully saturated rings. The average Bonchev–Trinajstić information content (AvgIpc) is 3.10. The monoisotopic (exact) mass is 328 g/mol. The van der Waals surface area contributed by atoms with Crippen molar-refractivity contribution in [2.75, 3.05) is 0 Å². The van der Waals surface area contributed by atoms with E-state index in [0.29, 0.717) is 0 Å². The Labute approximate surface area is 134 Å². The van der Waals surface area contributed by atoms with E-state index >= 15 is 0 Å². The zero-order valence-electron chi connectivity index (χ0n) is 12.5. The highest BCUT2D eigenvalue weighted by Gasteiger charge is 2.17. The highest BCUT2D eigenvalue weighted by Crippen LogP contribution is 2.18. The number of aromatic nitrogens is 3. The summed E-state index contributed by atoms with van der Waals surface area (Å²) in [5.41, 5.74) is 1.73. The van der Waals surface area contributed by atoms with Crippen molar-refractivity contribution in [2.24, 2.45) is 0 Å². The Morgan fingerprint density at radius 1 is 1.04 bits per heavy atom. The molecule has 0 radical (unpaired) electrons. The molecule has 0 aliphatic rings. The summed E-state index contributed by atoms with van der Waals surface area (Å²) in [7, 11) is -3.54. The Kier molecular flexibility index (Phi) is 4.22. The van der Waals surface area contributed by atoms with Crippen molar-refractivity contribution in [1.29, 1.82) is 0 Å². The summed E-state index contributed by atoms with van der Waals surface area (Å²) in [6, 6.07) is 15.5. The molecule has 1 heterocycles. The van der Waals surface area contributed by atoms with Crippen LogP contribution in [0.3, 0.4) is 0 Å². The second-order valence-electron chi connectivity index (χ2n) is 5.09. The number of benzene rings is 2. The SMILES string of the molecule is C[C@H](NS(=O)(=O)c1ccccc1)c1ccc(-n2cncn2)cc1. The molecule has 0 saturated carbocycles. The van der Waals surface area contributed by atoms with Gasteiger partial charge in [0, 0.05) is 6.04 Å². The molecule has 0 unspecified atom stereocenters. The van der Waals surface area contributed by atoms with Crippen LogP contribution >= 0.6 is 0 Å². The summed E-state index contributed by atoms with van der Waals surface area (Å²) in [6.07, 6.45) is 3.07. The number of nitrogens with zero attached hydrogens (tertiary/aromatic N) is 3. The van der Waals surface area contributed by atoms with Crippen molar-refractivity contribution in [3.05, 3.63) is 72.8 Å². The zero-order valence-corrected chi connectivity index (χ0v) is 13.3. The molecule has 0 spiro atoms. The minimum absolute atomic E-state index is 0.256. The van der Waals surface area contributed by atoms with Gasteiger partial charge < -0.3 is 0 Å². The fourth-order valence-corrected chi connectivity index (χ4v) is 3.48. The summed E-state index contributed by atoms with van der Waals surface area (Å²) in [5.74, 6) is 0. The van der Waals surface area contributed by atoms with E-state index in [1.54, 1.807) is 41.3 Å². The minimum atomic E-state index is -3.54. The van der Waals surface area contributed by atoms with E-state index in [1.165, 1.54) is 6.33 Å². The molecule has 6 nitrogen and oxygen atoms in total. The lowest BCUT2D eigenvalue weighted by atomic mass is 10.1. The molecule has 23 heavy (non-hydrogen) atoms. The van der Waals surface area contributed by atoms with Gasteiger partial charge >= 0.3 is 0 Å². The fraction of sp³-hybridized carbons (Fsp3) is 0.125. The molecule has 0 bridgehead atoms. The van der Waals surface area contributed by atoms with Gasteiger partial charge in [0.05, 0.1) is 10.6 Å². The van der Waals surface area contributed by atoms with Gasteiger partial charge in [0.2, 0.25) is 10.0 Å². The smallest absolute Gasteiger partial charge is 0.223 e. The highest BCUT2D eigenvalue weighted by molar-refractivity contribution is 7.89. The van der Waals surface area contributed by atoms with E-state index in [9.17, 15) is 8.42 Å². The van der Waals surface area contributed by atoms with Crippen LogP contribution < -0.4 is 4.72 Å². The summed E-state index contributed by atoms with van der Waals surface area (Å²) >= 11 is 0. The molecule has 1 atom stereocenters. The Bertz CT molecular complexity index is 860. The predicted octanol–water partition coefficient (Wildman–Crippen LogP) is 2.31. The van der Waals surface area contributed by atoms with Gasteiger partial charge in [-0.15, -0.1) is 0 Å². The standard InChI is InChI=1S/C16H16N4O2S/c1-13(19-23(21,22)16-5-3-2-4-6-16)14-7-9-15(10-8-14)20-12-17-11-18-20/h2-13,19H,1H3/t13-/m0/s1. The second-order valence-corrected chi connectivity index (χ2v) is 6.80. The predicted molar refractivity (Wildman–Crippen MR) is 86.5 cm³/mol. The summed E-state index contributed by atoms with van der Waals surface area (Å²) in [4.78, 5) is 4.15. The van der Waals surface area contributed by atoms with E-state index in [-0.39, 0.29) is 10.9 Å². The molecular formula is C16H16N4O2S. The molecule has 0 aliphatic carbocycles. The maximum Gasteiger partial charge on any atom is 0.241 e. The second kappa shape index (κ2) is 6.31. The zero-order chi connectivity index (χ0) is 16.3. The number of hydrogen-bond acceptors (Lipinski definition) is 4. The molecule has 1 aromatic heterocycles. The lowest BCUT2D eigenvalue weighted by Gasteiger charge is -2.15. The van der Waals surface area contributed by atoms with Crippen molar-refractivity contribution in [1.82, 2.24) is 19.5 Å². The first kappa shape index (κ1) is 15.4. The quantitative estimate of drug-likeness (QED) is 0.780. The number of rotatable bonds is 5. The van der Waals surface area contributed by atoms with Crippen LogP contribution in [0.5, 0.6) is 0 Å². The first-order valence-corrected chi connectivity index (χ1v) is 8.57. The molecule has 7 heteroatoms. The van der Waals surface area contributed by atoms with E-state index in [1.807, 2.05) is 31.2 Å². The van der Waals surface area contributed by atoms with Gasteiger partial charge in [0.15, 0.2) is 0 Å². The molecule has 0 amide bonds. The van der Waals surface area contributed by atoms with Crippen molar-refractivity contribution in [3.8, 4) is 5.69 Å². The van der Waals surface area contributed by atoms with Gasteiger partial charge in [-0.2, -0.15) is 5.10 Å². The molecule has 118 valence electrons. The topological polar surface area (TPSA) is 76.9 Å². The van der Waals surface area contributed by atoms with E-state index in [0.717, 1.165) is 11.3 Å². The van der Waals surface area contributed by atoms with Crippen LogP contribution in [0, 0.1) is 0 Å². The third-order valence-electron chi connectivity index (χ3n) is 3.46. The number of sulfonamides is 1. The molecule has 2 aromatic carbocycles. The molecular weight excluding hydrogens is 312 g/mol. The Morgan fingerprint density at radius 2 is 1.74 bits per heavy atom. The Morgan fingerprint density at radius 3 is 2.35 bits per heavy atom. The molecule has 0 aliphatic heterocycles. The first-order valence-electron chi connectivity index (χ1n) is 7.08. The van der Waals surface area contributed by atoms with E-state index in [4.69, 9.17) is 0 Å². The van der Waals surface area contributed by atoms with Crippen molar-refractivity contribution >= 4 is 10.0 Å². The molecule has 3 rings (SSSR count). The van der Waals surface area contributed by atoms with Gasteiger partial charge in [-0.25, -0.2) is 22.8 Å². The summed E-state index contributed by atoms with van der Waals surface area (Å²) in [6.45, 7) is 1.81. The number of nitrogens with one attached hydrogen (secondary N) is 1. The van der Waals surface area contributed by atoms with Crippen LogP contribution in [0.15, 0.2) is 72.1 Å². The summed E-state index contributed by atoms with van der Waals surface area (Å²) in [5, 5.41) is 4.05. The maximum absolute atomic E-state index is 12.3. The normalized spacial score (nSPS) is 12.9. The maximum atomic E-state index is 12.3. The van der Waals surface area contributed by atoms with E-state index in [2.05, 4.69) is 14.8 Å². The van der Waals surface area contributed by atoms with Crippen molar-refractivity contribution < 1.29 is 8.42 Å². The minimum Gasteiger partial charge on any atom is -0.223 e. The first-order chi connectivity index (χ1) is 11.1. The van der Waals surface area contributed by atoms with Gasteiger partial charge in [-0.1, -0.05) is 30.3 Å². The molecule has 3 aromatic rings. The largest absolute Gasteiger partial charge is 0.241 e. The van der Waals surface area contributed by atoms with Crippen molar-refractivity contribution in [2.45, 2.75) is 17.9 Å². The lowest BCUT2D eigenvalue weighted by molar-refractivity contribution is 0.567. The van der Waals surface area contributed by atoms with Crippen LogP contribution in [0.4, 0.5) is 0 Å². The van der Waals surface area contributed by atoms with Gasteiger partial charge in [-0.3, -0.25) is 0 Å². The van der Waals surface area contributed by atoms with Crippen LogP contribution in [0.1, 0.15) is 18.5 Å². The van der Waals surface area contributed by atoms with Gasteiger partial charge in [0.1, 0.15) is 12.7 Å². The van der Waals surface area contributed by atoms with Crippen LogP contribution in [-0.2, 0) is 10.0 Å². The van der Waals surface area contributed by atoms with Crippen LogP contribution in [0.25, 0.3) is 5.69 Å². The third kappa shape index (κ3) is 3.46. The third-order valence-corrected chi connectivity index (χ3v) is 5.02. The van der Waals surface area contributed by atoms with Crippen LogP contribution in [0.2, 0.25) is 0 Å². The molecule has 1 N–H and O–H groups in total.